The summed E-state index contributed by atoms with van der Waals surface area (Å²) in [6, 6.07) is 17.3. The third-order valence-corrected chi connectivity index (χ3v) is 8.86. The molecule has 0 saturated carbocycles. The lowest BCUT2D eigenvalue weighted by molar-refractivity contribution is 0.169. The highest BCUT2D eigenvalue weighted by molar-refractivity contribution is 8.00. The van der Waals surface area contributed by atoms with Crippen molar-refractivity contribution in [1.29, 1.82) is 0 Å². The van der Waals surface area contributed by atoms with Crippen molar-refractivity contribution in [1.82, 2.24) is 4.90 Å². The highest BCUT2D eigenvalue weighted by Crippen LogP contribution is 2.50. The lowest BCUT2D eigenvalue weighted by Gasteiger charge is -2.32. The Kier molecular flexibility index (Phi) is 7.35. The van der Waals surface area contributed by atoms with E-state index in [0.29, 0.717) is 41.0 Å². The molecule has 2 heterocycles. The minimum absolute atomic E-state index is 0.0542. The highest BCUT2D eigenvalue weighted by atomic mass is 32.2. The molecule has 2 N–H and O–H groups in total. The minimum Gasteiger partial charge on any atom is -0.508 e. The maximum absolute atomic E-state index is 13.3. The van der Waals surface area contributed by atoms with Gasteiger partial charge in [-0.05, 0) is 85.8 Å². The average Bonchev–Trinajstić information content (AvgIpc) is 3.34. The second kappa shape index (κ2) is 10.6. The van der Waals surface area contributed by atoms with Crippen LogP contribution in [-0.2, 0) is 9.84 Å². The van der Waals surface area contributed by atoms with Gasteiger partial charge in [0.15, 0.2) is 15.9 Å². The Morgan fingerprint density at radius 2 is 1.82 bits per heavy atom. The van der Waals surface area contributed by atoms with Gasteiger partial charge in [0.05, 0.1) is 4.91 Å². The molecular formula is C31H35NO6S. The van der Waals surface area contributed by atoms with Crippen molar-refractivity contribution in [2.24, 2.45) is 5.92 Å². The molecule has 2 aliphatic rings. The minimum atomic E-state index is -3.78. The van der Waals surface area contributed by atoms with E-state index >= 15 is 0 Å². The first-order valence-corrected chi connectivity index (χ1v) is 15.1. The molecule has 206 valence electrons. The molecule has 0 amide bonds. The van der Waals surface area contributed by atoms with Crippen molar-refractivity contribution in [2.45, 2.75) is 39.3 Å². The van der Waals surface area contributed by atoms with Crippen LogP contribution in [0.4, 0.5) is 0 Å². The van der Waals surface area contributed by atoms with E-state index < -0.39 is 15.9 Å². The van der Waals surface area contributed by atoms with Crippen LogP contribution in [0.2, 0.25) is 0 Å². The van der Waals surface area contributed by atoms with Crippen LogP contribution >= 0.6 is 0 Å². The summed E-state index contributed by atoms with van der Waals surface area (Å²) in [5.74, 6) is 1.78. The maximum Gasteiger partial charge on any atom is 0.176 e. The Labute approximate surface area is 230 Å². The Balaban J connectivity index is 1.54. The van der Waals surface area contributed by atoms with E-state index in [1.165, 1.54) is 18.6 Å². The summed E-state index contributed by atoms with van der Waals surface area (Å²) in [5, 5.41) is 20.7. The van der Waals surface area contributed by atoms with E-state index in [2.05, 4.69) is 18.7 Å². The average molecular weight is 550 g/mol. The Hall–Kier alpha value is -3.49. The fourth-order valence-corrected chi connectivity index (χ4v) is 6.67. The second-order valence-corrected chi connectivity index (χ2v) is 12.7. The van der Waals surface area contributed by atoms with Gasteiger partial charge in [0, 0.05) is 30.0 Å². The fraction of sp³-hybridized carbons (Fsp3) is 0.355. The number of sulfone groups is 1. The van der Waals surface area contributed by atoms with Crippen molar-refractivity contribution >= 4 is 20.3 Å². The van der Waals surface area contributed by atoms with Crippen molar-refractivity contribution < 1.29 is 28.1 Å². The quantitative estimate of drug-likeness (QED) is 0.398. The molecule has 0 radical (unpaired) electrons. The third kappa shape index (κ3) is 5.49. The number of fused-ring (bicyclic) bond motifs is 1. The lowest BCUT2D eigenvalue weighted by Crippen LogP contribution is -2.35. The molecule has 2 aliphatic heterocycles. The van der Waals surface area contributed by atoms with E-state index in [9.17, 15) is 18.6 Å². The molecule has 0 spiro atoms. The van der Waals surface area contributed by atoms with Crippen LogP contribution in [0.1, 0.15) is 48.6 Å². The van der Waals surface area contributed by atoms with E-state index in [4.69, 9.17) is 9.47 Å². The summed E-state index contributed by atoms with van der Waals surface area (Å²) < 4.78 is 39.0. The van der Waals surface area contributed by atoms with E-state index in [1.807, 2.05) is 24.3 Å². The first-order chi connectivity index (χ1) is 18.5. The van der Waals surface area contributed by atoms with Gasteiger partial charge >= 0.3 is 0 Å². The topological polar surface area (TPSA) is 96.3 Å². The van der Waals surface area contributed by atoms with Crippen molar-refractivity contribution in [3.63, 3.8) is 0 Å². The predicted octanol–water partition coefficient (Wildman–Crippen LogP) is 5.56. The van der Waals surface area contributed by atoms with Crippen LogP contribution in [-0.4, -0.2) is 55.5 Å². The smallest absolute Gasteiger partial charge is 0.176 e. The van der Waals surface area contributed by atoms with Gasteiger partial charge in [-0.15, -0.1) is 0 Å². The largest absolute Gasteiger partial charge is 0.508 e. The van der Waals surface area contributed by atoms with E-state index in [-0.39, 0.29) is 22.0 Å². The van der Waals surface area contributed by atoms with Gasteiger partial charge in [0.2, 0.25) is 0 Å². The lowest BCUT2D eigenvalue weighted by atomic mass is 9.88. The molecule has 3 atom stereocenters. The molecule has 39 heavy (non-hydrogen) atoms. The number of benzene rings is 3. The number of likely N-dealkylation sites (tertiary alicyclic amines) is 1. The Morgan fingerprint density at radius 3 is 2.49 bits per heavy atom. The zero-order chi connectivity index (χ0) is 27.9. The summed E-state index contributed by atoms with van der Waals surface area (Å²) in [6.07, 6.45) is 1.59. The van der Waals surface area contributed by atoms with Gasteiger partial charge in [-0.25, -0.2) is 8.42 Å². The van der Waals surface area contributed by atoms with Crippen molar-refractivity contribution in [3.8, 4) is 23.0 Å². The zero-order valence-corrected chi connectivity index (χ0v) is 23.5. The molecule has 0 aromatic heterocycles. The Bertz CT molecular complexity index is 1510. The Morgan fingerprint density at radius 1 is 1.08 bits per heavy atom. The van der Waals surface area contributed by atoms with E-state index in [0.717, 1.165) is 30.7 Å². The molecule has 7 nitrogen and oxygen atoms in total. The normalized spacial score (nSPS) is 20.4. The summed E-state index contributed by atoms with van der Waals surface area (Å²) in [5.41, 5.74) is 2.53. The van der Waals surface area contributed by atoms with Gasteiger partial charge in [-0.1, -0.05) is 31.2 Å². The number of rotatable bonds is 7. The SMILES string of the molecule is Cc1c(O)cccc1C1=C(S(C)(=O)=O)c2cc(O)ccc2OC1c1ccc(OC[C@H](C)N2CC[C@@H](C)C2)cc1. The monoisotopic (exact) mass is 549 g/mol. The van der Waals surface area contributed by atoms with Crippen LogP contribution in [0.15, 0.2) is 60.7 Å². The van der Waals surface area contributed by atoms with Crippen LogP contribution in [0.5, 0.6) is 23.0 Å². The van der Waals surface area contributed by atoms with Gasteiger partial charge in [-0.3, -0.25) is 4.90 Å². The number of hydrogen-bond acceptors (Lipinski definition) is 7. The van der Waals surface area contributed by atoms with Crippen LogP contribution in [0.3, 0.4) is 0 Å². The predicted molar refractivity (Wildman–Crippen MR) is 153 cm³/mol. The summed E-state index contributed by atoms with van der Waals surface area (Å²) in [6.45, 7) is 8.96. The van der Waals surface area contributed by atoms with Gasteiger partial charge in [0.1, 0.15) is 29.6 Å². The van der Waals surface area contributed by atoms with Gasteiger partial charge in [0.25, 0.3) is 0 Å². The molecule has 1 fully saturated rings. The number of phenols is 2. The molecule has 8 heteroatoms. The summed E-state index contributed by atoms with van der Waals surface area (Å²) in [4.78, 5) is 2.51. The van der Waals surface area contributed by atoms with Crippen molar-refractivity contribution in [2.75, 3.05) is 26.0 Å². The number of hydrogen-bond donors (Lipinski definition) is 2. The molecule has 3 aromatic rings. The maximum atomic E-state index is 13.3. The molecule has 3 aromatic carbocycles. The number of aromatic hydroxyl groups is 2. The molecular weight excluding hydrogens is 514 g/mol. The highest BCUT2D eigenvalue weighted by Gasteiger charge is 2.36. The van der Waals surface area contributed by atoms with Crippen LogP contribution < -0.4 is 9.47 Å². The molecule has 5 rings (SSSR count). The third-order valence-electron chi connectivity index (χ3n) is 7.68. The fourth-order valence-electron chi connectivity index (χ4n) is 5.49. The summed E-state index contributed by atoms with van der Waals surface area (Å²) in [7, 11) is -3.78. The number of ether oxygens (including phenoxy) is 2. The first-order valence-electron chi connectivity index (χ1n) is 13.2. The van der Waals surface area contributed by atoms with Crippen LogP contribution in [0.25, 0.3) is 10.5 Å². The van der Waals surface area contributed by atoms with Gasteiger partial charge in [-0.2, -0.15) is 0 Å². The molecule has 1 saturated heterocycles. The molecule has 0 aliphatic carbocycles. The van der Waals surface area contributed by atoms with Gasteiger partial charge < -0.3 is 19.7 Å². The van der Waals surface area contributed by atoms with E-state index in [1.54, 1.807) is 31.2 Å². The zero-order valence-electron chi connectivity index (χ0n) is 22.7. The summed E-state index contributed by atoms with van der Waals surface area (Å²) >= 11 is 0. The number of nitrogens with zero attached hydrogens (tertiary/aromatic N) is 1. The van der Waals surface area contributed by atoms with Crippen molar-refractivity contribution in [3.05, 3.63) is 82.9 Å². The molecule has 0 bridgehead atoms. The molecule has 1 unspecified atom stereocenters. The first kappa shape index (κ1) is 27.1. The second-order valence-electron chi connectivity index (χ2n) is 10.8. The standard InChI is InChI=1S/C31H35NO6S/c1-19-14-15-32(17-19)20(2)18-37-24-11-8-22(9-12-24)30-29(25-6-5-7-27(34)21(25)3)31(39(4,35)36)26-16-23(33)10-13-28(26)38-30/h5-13,16,19-20,30,33-34H,14-15,17-18H2,1-4H3/t19-,20+,30?/m1/s1. The van der Waals surface area contributed by atoms with Crippen LogP contribution in [0, 0.1) is 12.8 Å². The number of phenolic OH excluding ortho intramolecular Hbond substituents is 2.